The van der Waals surface area contributed by atoms with Crippen LogP contribution in [0.1, 0.15) is 39.5 Å². The van der Waals surface area contributed by atoms with E-state index < -0.39 is 0 Å². The summed E-state index contributed by atoms with van der Waals surface area (Å²) in [5.41, 5.74) is 0. The molecular weight excluding hydrogens is 172 g/mol. The van der Waals surface area contributed by atoms with Gasteiger partial charge in [0.05, 0.1) is 6.10 Å². The minimum atomic E-state index is 0.362. The first-order valence-corrected chi connectivity index (χ1v) is 5.37. The van der Waals surface area contributed by atoms with E-state index in [2.05, 4.69) is 13.8 Å². The number of hydrogen-bond acceptors (Lipinski definition) is 1. The van der Waals surface area contributed by atoms with E-state index in [-0.39, 0.29) is 0 Å². The maximum Gasteiger partial charge on any atom is 0.0519 e. The van der Waals surface area contributed by atoms with Crippen LogP contribution in [0.25, 0.3) is 0 Å². The molecule has 1 fully saturated rings. The molecule has 72 valence electrons. The third-order valence-electron chi connectivity index (χ3n) is 2.38. The van der Waals surface area contributed by atoms with Gasteiger partial charge in [0.25, 0.3) is 0 Å². The second kappa shape index (κ2) is 5.08. The summed E-state index contributed by atoms with van der Waals surface area (Å²) < 4.78 is 5.57. The van der Waals surface area contributed by atoms with E-state index in [0.717, 1.165) is 13.0 Å². The topological polar surface area (TPSA) is 9.23 Å². The molecule has 1 aliphatic carbocycles. The van der Waals surface area contributed by atoms with Crippen molar-refractivity contribution in [1.29, 1.82) is 0 Å². The predicted octanol–water partition coefficient (Wildman–Crippen LogP) is 3.21. The summed E-state index contributed by atoms with van der Waals surface area (Å²) in [4.78, 5) is 0. The molecule has 0 spiro atoms. The van der Waals surface area contributed by atoms with Gasteiger partial charge in [0.15, 0.2) is 0 Å². The average molecular weight is 191 g/mol. The van der Waals surface area contributed by atoms with Crippen LogP contribution in [0.2, 0.25) is 0 Å². The molecule has 12 heavy (non-hydrogen) atoms. The summed E-state index contributed by atoms with van der Waals surface area (Å²) in [6.07, 6.45) is 5.28. The van der Waals surface area contributed by atoms with Crippen LogP contribution in [0.3, 0.4) is 0 Å². The molecule has 1 aliphatic rings. The fourth-order valence-corrected chi connectivity index (χ4v) is 2.11. The van der Waals surface area contributed by atoms with E-state index in [0.29, 0.717) is 17.4 Å². The smallest absolute Gasteiger partial charge is 0.0519 e. The molecule has 2 unspecified atom stereocenters. The van der Waals surface area contributed by atoms with Crippen molar-refractivity contribution < 1.29 is 4.74 Å². The van der Waals surface area contributed by atoms with Crippen LogP contribution in [0.5, 0.6) is 0 Å². The molecule has 0 heterocycles. The van der Waals surface area contributed by atoms with Gasteiger partial charge in [0.2, 0.25) is 0 Å². The van der Waals surface area contributed by atoms with Crippen molar-refractivity contribution in [2.24, 2.45) is 5.92 Å². The van der Waals surface area contributed by atoms with Gasteiger partial charge < -0.3 is 4.74 Å². The Morgan fingerprint density at radius 3 is 2.75 bits per heavy atom. The quantitative estimate of drug-likeness (QED) is 0.621. The molecule has 2 heteroatoms. The molecule has 0 aromatic carbocycles. The van der Waals surface area contributed by atoms with Gasteiger partial charge >= 0.3 is 0 Å². The van der Waals surface area contributed by atoms with Gasteiger partial charge in [-0.1, -0.05) is 6.42 Å². The molecule has 1 nitrogen and oxygen atoms in total. The normalized spacial score (nSPS) is 31.0. The molecule has 0 bridgehead atoms. The van der Waals surface area contributed by atoms with Gasteiger partial charge in [-0.05, 0) is 39.0 Å². The zero-order valence-electron chi connectivity index (χ0n) is 8.05. The fraction of sp³-hybridized carbons (Fsp3) is 1.00. The van der Waals surface area contributed by atoms with Gasteiger partial charge in [0.1, 0.15) is 0 Å². The fourth-order valence-electron chi connectivity index (χ4n) is 1.71. The van der Waals surface area contributed by atoms with Crippen LogP contribution in [-0.2, 0) is 4.74 Å². The number of halogens is 1. The summed E-state index contributed by atoms with van der Waals surface area (Å²) in [5.74, 6) is 0.712. The Morgan fingerprint density at radius 2 is 2.17 bits per heavy atom. The first-order valence-electron chi connectivity index (χ1n) is 4.94. The van der Waals surface area contributed by atoms with Crippen LogP contribution in [0, 0.1) is 5.92 Å². The molecule has 0 aromatic rings. The van der Waals surface area contributed by atoms with Crippen molar-refractivity contribution in [3.63, 3.8) is 0 Å². The van der Waals surface area contributed by atoms with Gasteiger partial charge in [-0.15, -0.1) is 11.6 Å². The van der Waals surface area contributed by atoms with Crippen LogP contribution < -0.4 is 0 Å². The third kappa shape index (κ3) is 3.77. The molecule has 0 N–H and O–H groups in total. The SMILES string of the molecule is CC(C)OCC1CCCC(Cl)C1. The van der Waals surface area contributed by atoms with Gasteiger partial charge in [0, 0.05) is 12.0 Å². The number of ether oxygens (including phenoxy) is 1. The lowest BCUT2D eigenvalue weighted by Crippen LogP contribution is -2.21. The number of alkyl halides is 1. The van der Waals surface area contributed by atoms with Crippen LogP contribution in [0.4, 0.5) is 0 Å². The molecule has 0 aliphatic heterocycles. The Morgan fingerprint density at radius 1 is 1.42 bits per heavy atom. The highest BCUT2D eigenvalue weighted by Crippen LogP contribution is 2.27. The van der Waals surface area contributed by atoms with Crippen LogP contribution in [0.15, 0.2) is 0 Å². The molecule has 0 radical (unpaired) electrons. The van der Waals surface area contributed by atoms with Gasteiger partial charge in [-0.25, -0.2) is 0 Å². The van der Waals surface area contributed by atoms with Crippen molar-refractivity contribution >= 4 is 11.6 Å². The molecular formula is C10H19ClO. The zero-order valence-corrected chi connectivity index (χ0v) is 8.81. The van der Waals surface area contributed by atoms with Crippen molar-refractivity contribution in [1.82, 2.24) is 0 Å². The van der Waals surface area contributed by atoms with E-state index in [9.17, 15) is 0 Å². The Labute approximate surface area is 80.4 Å². The van der Waals surface area contributed by atoms with Crippen LogP contribution in [-0.4, -0.2) is 18.1 Å². The summed E-state index contributed by atoms with van der Waals surface area (Å²) in [7, 11) is 0. The van der Waals surface area contributed by atoms with E-state index in [1.807, 2.05) is 0 Å². The summed E-state index contributed by atoms with van der Waals surface area (Å²) in [6, 6.07) is 0. The maximum absolute atomic E-state index is 6.07. The largest absolute Gasteiger partial charge is 0.379 e. The predicted molar refractivity (Wildman–Crippen MR) is 52.7 cm³/mol. The molecule has 1 saturated carbocycles. The first kappa shape index (κ1) is 10.3. The summed E-state index contributed by atoms with van der Waals surface area (Å²) in [5, 5.41) is 0.402. The van der Waals surface area contributed by atoms with E-state index >= 15 is 0 Å². The molecule has 1 rings (SSSR count). The van der Waals surface area contributed by atoms with Crippen molar-refractivity contribution in [3.8, 4) is 0 Å². The van der Waals surface area contributed by atoms with E-state index in [4.69, 9.17) is 16.3 Å². The summed E-state index contributed by atoms with van der Waals surface area (Å²) >= 11 is 6.07. The Balaban J connectivity index is 2.14. The Bertz CT molecular complexity index is 125. The highest BCUT2D eigenvalue weighted by atomic mass is 35.5. The summed E-state index contributed by atoms with van der Waals surface area (Å²) in [6.45, 7) is 5.07. The van der Waals surface area contributed by atoms with Crippen molar-refractivity contribution in [2.45, 2.75) is 51.0 Å². The van der Waals surface area contributed by atoms with Gasteiger partial charge in [-0.3, -0.25) is 0 Å². The van der Waals surface area contributed by atoms with Crippen molar-refractivity contribution in [2.75, 3.05) is 6.61 Å². The lowest BCUT2D eigenvalue weighted by atomic mass is 9.89. The minimum absolute atomic E-state index is 0.362. The van der Waals surface area contributed by atoms with Gasteiger partial charge in [-0.2, -0.15) is 0 Å². The van der Waals surface area contributed by atoms with Crippen molar-refractivity contribution in [3.05, 3.63) is 0 Å². The molecule has 0 aromatic heterocycles. The van der Waals surface area contributed by atoms with E-state index in [1.54, 1.807) is 0 Å². The van der Waals surface area contributed by atoms with E-state index in [1.165, 1.54) is 19.3 Å². The number of hydrogen-bond donors (Lipinski definition) is 0. The number of rotatable bonds is 3. The Kier molecular flexibility index (Phi) is 4.38. The molecule has 0 saturated heterocycles. The highest BCUT2D eigenvalue weighted by Gasteiger charge is 2.20. The second-order valence-corrected chi connectivity index (χ2v) is 4.63. The monoisotopic (exact) mass is 190 g/mol. The maximum atomic E-state index is 6.07. The first-order chi connectivity index (χ1) is 5.68. The standard InChI is InChI=1S/C10H19ClO/c1-8(2)12-7-9-4-3-5-10(11)6-9/h8-10H,3-7H2,1-2H3. The minimum Gasteiger partial charge on any atom is -0.379 e. The highest BCUT2D eigenvalue weighted by molar-refractivity contribution is 6.20. The average Bonchev–Trinajstić information content (AvgIpc) is 2.01. The molecule has 0 amide bonds. The lowest BCUT2D eigenvalue weighted by molar-refractivity contribution is 0.0418. The molecule has 2 atom stereocenters. The lowest BCUT2D eigenvalue weighted by Gasteiger charge is -2.25. The second-order valence-electron chi connectivity index (χ2n) is 4.01. The Hall–Kier alpha value is 0.250. The van der Waals surface area contributed by atoms with Crippen LogP contribution >= 0.6 is 11.6 Å². The third-order valence-corrected chi connectivity index (χ3v) is 2.78. The zero-order chi connectivity index (χ0) is 8.97.